The fourth-order valence-corrected chi connectivity index (χ4v) is 2.99. The predicted molar refractivity (Wildman–Crippen MR) is 98.9 cm³/mol. The molecule has 0 bridgehead atoms. The van der Waals surface area contributed by atoms with E-state index in [-0.39, 0.29) is 24.0 Å². The lowest BCUT2D eigenvalue weighted by Crippen LogP contribution is -2.11. The quantitative estimate of drug-likeness (QED) is 0.493. The third-order valence-corrected chi connectivity index (χ3v) is 4.50. The molecule has 1 N–H and O–H groups in total. The minimum atomic E-state index is -0.499. The molecule has 7 nitrogen and oxygen atoms in total. The fraction of sp³-hybridized carbons (Fsp3) is 0.0588. The SMILES string of the molecule is O=C(Nc1ccc(Cl)cn1)c1cc(COc2ccccc2[N+](=O)[O-])cs1. The maximum absolute atomic E-state index is 12.2. The van der Waals surface area contributed by atoms with Crippen LogP contribution in [0.5, 0.6) is 5.75 Å². The van der Waals surface area contributed by atoms with E-state index in [0.29, 0.717) is 15.7 Å². The Kier molecular flexibility index (Phi) is 5.45. The monoisotopic (exact) mass is 389 g/mol. The standard InChI is InChI=1S/C17H12ClN3O4S/c18-12-5-6-16(19-8-12)20-17(22)15-7-11(10-26-15)9-25-14-4-2-1-3-13(14)21(23)24/h1-8,10H,9H2,(H,19,20,22). The molecule has 3 aromatic rings. The molecule has 2 heterocycles. The van der Waals surface area contributed by atoms with Crippen LogP contribution in [0, 0.1) is 10.1 Å². The van der Waals surface area contributed by atoms with Crippen LogP contribution < -0.4 is 10.1 Å². The maximum atomic E-state index is 12.2. The molecule has 0 fully saturated rings. The second-order valence-electron chi connectivity index (χ2n) is 5.15. The van der Waals surface area contributed by atoms with Crippen LogP contribution in [0.15, 0.2) is 54.0 Å². The van der Waals surface area contributed by atoms with Crippen molar-refractivity contribution in [1.82, 2.24) is 4.98 Å². The van der Waals surface area contributed by atoms with Crippen molar-refractivity contribution in [3.05, 3.63) is 79.6 Å². The number of nitrogens with one attached hydrogen (secondary N) is 1. The van der Waals surface area contributed by atoms with Gasteiger partial charge in [-0.25, -0.2) is 4.98 Å². The van der Waals surface area contributed by atoms with Crippen molar-refractivity contribution in [2.75, 3.05) is 5.32 Å². The number of halogens is 1. The Bertz CT molecular complexity index is 943. The van der Waals surface area contributed by atoms with Gasteiger partial charge in [0.15, 0.2) is 5.75 Å². The number of rotatable bonds is 6. The number of hydrogen-bond acceptors (Lipinski definition) is 6. The number of nitro groups is 1. The molecule has 132 valence electrons. The molecule has 1 aromatic carbocycles. The van der Waals surface area contributed by atoms with Crippen LogP contribution >= 0.6 is 22.9 Å². The highest BCUT2D eigenvalue weighted by Crippen LogP contribution is 2.27. The molecule has 0 aliphatic rings. The van der Waals surface area contributed by atoms with E-state index in [2.05, 4.69) is 10.3 Å². The van der Waals surface area contributed by atoms with Gasteiger partial charge in [-0.1, -0.05) is 23.7 Å². The van der Waals surface area contributed by atoms with E-state index in [1.807, 2.05) is 0 Å². The van der Waals surface area contributed by atoms with E-state index in [4.69, 9.17) is 16.3 Å². The third kappa shape index (κ3) is 4.35. The number of amides is 1. The number of benzene rings is 1. The van der Waals surface area contributed by atoms with E-state index in [1.54, 1.807) is 35.7 Å². The highest BCUT2D eigenvalue weighted by atomic mass is 35.5. The van der Waals surface area contributed by atoms with Gasteiger partial charge in [-0.2, -0.15) is 0 Å². The molecule has 2 aromatic heterocycles. The van der Waals surface area contributed by atoms with Crippen LogP contribution in [-0.4, -0.2) is 15.8 Å². The summed E-state index contributed by atoms with van der Waals surface area (Å²) in [5, 5.41) is 15.9. The smallest absolute Gasteiger partial charge is 0.310 e. The van der Waals surface area contributed by atoms with Crippen LogP contribution in [0.25, 0.3) is 0 Å². The number of thiophene rings is 1. The minimum absolute atomic E-state index is 0.102. The number of carbonyl (C=O) groups is 1. The maximum Gasteiger partial charge on any atom is 0.310 e. The molecular formula is C17H12ClN3O4S. The molecule has 0 unspecified atom stereocenters. The van der Waals surface area contributed by atoms with Crippen molar-refractivity contribution in [3.8, 4) is 5.75 Å². The molecule has 0 saturated carbocycles. The largest absolute Gasteiger partial charge is 0.482 e. The van der Waals surface area contributed by atoms with Gasteiger partial charge in [-0.3, -0.25) is 14.9 Å². The first-order chi connectivity index (χ1) is 12.5. The van der Waals surface area contributed by atoms with Gasteiger partial charge in [0.25, 0.3) is 5.91 Å². The summed E-state index contributed by atoms with van der Waals surface area (Å²) in [6, 6.07) is 11.0. The van der Waals surface area contributed by atoms with Gasteiger partial charge in [0.2, 0.25) is 0 Å². The molecule has 0 radical (unpaired) electrons. The molecule has 9 heteroatoms. The first kappa shape index (κ1) is 17.8. The van der Waals surface area contributed by atoms with Crippen molar-refractivity contribution >= 4 is 40.4 Å². The molecule has 0 spiro atoms. The summed E-state index contributed by atoms with van der Waals surface area (Å²) in [4.78, 5) is 27.2. The highest BCUT2D eigenvalue weighted by Gasteiger charge is 2.15. The Labute approximate surface area is 157 Å². The number of nitro benzene ring substituents is 1. The molecule has 1 amide bonds. The van der Waals surface area contributed by atoms with Crippen molar-refractivity contribution < 1.29 is 14.5 Å². The van der Waals surface area contributed by atoms with Gasteiger partial charge in [0.05, 0.1) is 14.8 Å². The third-order valence-electron chi connectivity index (χ3n) is 3.30. The molecule has 0 aliphatic carbocycles. The zero-order valence-corrected chi connectivity index (χ0v) is 14.8. The van der Waals surface area contributed by atoms with E-state index >= 15 is 0 Å². The van der Waals surface area contributed by atoms with Crippen molar-refractivity contribution in [2.45, 2.75) is 6.61 Å². The summed E-state index contributed by atoms with van der Waals surface area (Å²) in [5.41, 5.74) is 0.636. The van der Waals surface area contributed by atoms with Crippen LogP contribution in [0.4, 0.5) is 11.5 Å². The molecular weight excluding hydrogens is 378 g/mol. The molecule has 3 rings (SSSR count). The Balaban J connectivity index is 1.64. The molecule has 0 aliphatic heterocycles. The van der Waals surface area contributed by atoms with Gasteiger partial charge in [-0.05, 0) is 29.6 Å². The predicted octanol–water partition coefficient (Wildman–Crippen LogP) is 4.54. The first-order valence-electron chi connectivity index (χ1n) is 7.39. The topological polar surface area (TPSA) is 94.4 Å². The Morgan fingerprint density at radius 1 is 1.31 bits per heavy atom. The van der Waals surface area contributed by atoms with Crippen molar-refractivity contribution in [3.63, 3.8) is 0 Å². The number of carbonyl (C=O) groups excluding carboxylic acids is 1. The Hall–Kier alpha value is -2.97. The number of ether oxygens (including phenoxy) is 1. The Morgan fingerprint density at radius 2 is 2.12 bits per heavy atom. The fourth-order valence-electron chi connectivity index (χ4n) is 2.09. The molecule has 0 saturated heterocycles. The van der Waals surface area contributed by atoms with Gasteiger partial charge >= 0.3 is 5.69 Å². The molecule has 26 heavy (non-hydrogen) atoms. The number of hydrogen-bond donors (Lipinski definition) is 1. The van der Waals surface area contributed by atoms with Gasteiger partial charge in [0, 0.05) is 17.8 Å². The lowest BCUT2D eigenvalue weighted by atomic mass is 10.3. The van der Waals surface area contributed by atoms with E-state index in [1.165, 1.54) is 29.7 Å². The zero-order chi connectivity index (χ0) is 18.5. The number of para-hydroxylation sites is 2. The first-order valence-corrected chi connectivity index (χ1v) is 8.65. The van der Waals surface area contributed by atoms with E-state index in [9.17, 15) is 14.9 Å². The zero-order valence-electron chi connectivity index (χ0n) is 13.2. The average Bonchev–Trinajstić information content (AvgIpc) is 3.11. The highest BCUT2D eigenvalue weighted by molar-refractivity contribution is 7.12. The number of anilines is 1. The minimum Gasteiger partial charge on any atom is -0.482 e. The normalized spacial score (nSPS) is 10.3. The summed E-state index contributed by atoms with van der Waals surface area (Å²) < 4.78 is 5.52. The van der Waals surface area contributed by atoms with E-state index in [0.717, 1.165) is 5.56 Å². The number of nitrogens with zero attached hydrogens (tertiary/aromatic N) is 2. The number of pyridine rings is 1. The van der Waals surface area contributed by atoms with Crippen molar-refractivity contribution in [2.24, 2.45) is 0 Å². The lowest BCUT2D eigenvalue weighted by molar-refractivity contribution is -0.385. The summed E-state index contributed by atoms with van der Waals surface area (Å²) >= 11 is 7.00. The average molecular weight is 390 g/mol. The summed E-state index contributed by atoms with van der Waals surface area (Å²) in [7, 11) is 0. The van der Waals surface area contributed by atoms with Crippen LogP contribution in [0.1, 0.15) is 15.2 Å². The Morgan fingerprint density at radius 3 is 2.85 bits per heavy atom. The summed E-state index contributed by atoms with van der Waals surface area (Å²) in [6.45, 7) is 0.119. The van der Waals surface area contributed by atoms with Crippen LogP contribution in [0.3, 0.4) is 0 Å². The van der Waals surface area contributed by atoms with Gasteiger partial charge < -0.3 is 10.1 Å². The second-order valence-corrected chi connectivity index (χ2v) is 6.50. The van der Waals surface area contributed by atoms with E-state index < -0.39 is 4.92 Å². The second kappa shape index (κ2) is 7.94. The van der Waals surface area contributed by atoms with Crippen LogP contribution in [-0.2, 0) is 6.61 Å². The number of aromatic nitrogens is 1. The van der Waals surface area contributed by atoms with Gasteiger partial charge in [-0.15, -0.1) is 11.3 Å². The van der Waals surface area contributed by atoms with Crippen molar-refractivity contribution in [1.29, 1.82) is 0 Å². The lowest BCUT2D eigenvalue weighted by Gasteiger charge is -2.05. The molecule has 0 atom stereocenters. The summed E-state index contributed by atoms with van der Waals surface area (Å²) in [6.07, 6.45) is 1.44. The van der Waals surface area contributed by atoms with Gasteiger partial charge in [0.1, 0.15) is 12.4 Å². The van der Waals surface area contributed by atoms with Crippen LogP contribution in [0.2, 0.25) is 5.02 Å². The summed E-state index contributed by atoms with van der Waals surface area (Å²) in [5.74, 6) is 0.271.